The van der Waals surface area contributed by atoms with Gasteiger partial charge < -0.3 is 9.30 Å². The van der Waals surface area contributed by atoms with E-state index in [1.54, 1.807) is 10.6 Å². The average molecular weight is 354 g/mol. The van der Waals surface area contributed by atoms with Gasteiger partial charge in [0.1, 0.15) is 23.4 Å². The van der Waals surface area contributed by atoms with Crippen molar-refractivity contribution in [2.75, 3.05) is 7.11 Å². The van der Waals surface area contributed by atoms with Gasteiger partial charge in [0.2, 0.25) is 0 Å². The summed E-state index contributed by atoms with van der Waals surface area (Å²) in [6.45, 7) is 0. The number of benzene rings is 2. The Morgan fingerprint density at radius 3 is 2.62 bits per heavy atom. The number of hydrogen-bond acceptors (Lipinski definition) is 4. The lowest BCUT2D eigenvalue weighted by Gasteiger charge is -2.23. The van der Waals surface area contributed by atoms with E-state index in [1.165, 1.54) is 31.4 Å². The minimum Gasteiger partial charge on any atom is -0.426 e. The van der Waals surface area contributed by atoms with Crippen LogP contribution in [0, 0.1) is 5.82 Å². The summed E-state index contributed by atoms with van der Waals surface area (Å²) in [7, 11) is 1.38. The third-order valence-corrected chi connectivity index (χ3v) is 4.33. The molecule has 26 heavy (non-hydrogen) atoms. The van der Waals surface area contributed by atoms with Crippen LogP contribution in [0.25, 0.3) is 10.9 Å². The topological polar surface area (TPSA) is 60.8 Å². The van der Waals surface area contributed by atoms with E-state index in [-0.39, 0.29) is 18.1 Å². The molecule has 0 saturated carbocycles. The van der Waals surface area contributed by atoms with Crippen molar-refractivity contribution in [3.8, 4) is 5.75 Å². The fraction of sp³-hybridized carbons (Fsp3) is 0.158. The fourth-order valence-corrected chi connectivity index (χ4v) is 3.22. The smallest absolute Gasteiger partial charge is 0.315 e. The first-order valence-electron chi connectivity index (χ1n) is 8.02. The largest absolute Gasteiger partial charge is 0.426 e. The molecule has 0 fully saturated rings. The SMILES string of the molecule is CON1C(=O)c2cc3ccccc3n2C1CC(=O)Oc1ccc(F)cc1. The number of carbonyl (C=O) groups excluding carboxylic acids is 2. The molecule has 1 atom stereocenters. The Bertz CT molecular complexity index is 996. The van der Waals surface area contributed by atoms with Gasteiger partial charge in [-0.3, -0.25) is 14.4 Å². The van der Waals surface area contributed by atoms with Crippen molar-refractivity contribution in [3.63, 3.8) is 0 Å². The summed E-state index contributed by atoms with van der Waals surface area (Å²) in [5.74, 6) is -1.05. The Labute approximate surface area is 148 Å². The van der Waals surface area contributed by atoms with Crippen LogP contribution in [-0.2, 0) is 9.63 Å². The van der Waals surface area contributed by atoms with Gasteiger partial charge >= 0.3 is 5.97 Å². The van der Waals surface area contributed by atoms with Gasteiger partial charge in [0.15, 0.2) is 0 Å². The summed E-state index contributed by atoms with van der Waals surface area (Å²) < 4.78 is 20.0. The molecule has 0 N–H and O–H groups in total. The van der Waals surface area contributed by atoms with Crippen LogP contribution in [0.2, 0.25) is 0 Å². The third kappa shape index (κ3) is 2.62. The summed E-state index contributed by atoms with van der Waals surface area (Å²) in [6, 6.07) is 14.5. The number of ether oxygens (including phenoxy) is 1. The molecule has 1 amide bonds. The van der Waals surface area contributed by atoms with Crippen molar-refractivity contribution in [3.05, 3.63) is 66.1 Å². The number of amides is 1. The van der Waals surface area contributed by atoms with E-state index in [4.69, 9.17) is 9.57 Å². The number of carbonyl (C=O) groups is 2. The van der Waals surface area contributed by atoms with Crippen LogP contribution >= 0.6 is 0 Å². The van der Waals surface area contributed by atoms with Crippen molar-refractivity contribution in [2.45, 2.75) is 12.6 Å². The maximum absolute atomic E-state index is 13.0. The zero-order valence-corrected chi connectivity index (χ0v) is 13.9. The number of rotatable bonds is 4. The standard InChI is InChI=1S/C19H15FN2O4/c1-25-22-17(11-18(23)26-14-8-6-13(20)7-9-14)21-15-5-3-2-4-12(15)10-16(21)19(22)24/h2-10,17H,11H2,1H3. The quantitative estimate of drug-likeness (QED) is 0.533. The van der Waals surface area contributed by atoms with E-state index in [0.29, 0.717) is 5.69 Å². The van der Waals surface area contributed by atoms with Crippen LogP contribution in [0.15, 0.2) is 54.6 Å². The first kappa shape index (κ1) is 16.3. The van der Waals surface area contributed by atoms with E-state index in [0.717, 1.165) is 16.0 Å². The molecule has 7 heteroatoms. The molecule has 0 aliphatic carbocycles. The molecule has 1 unspecified atom stereocenters. The van der Waals surface area contributed by atoms with Gasteiger partial charge in [-0.1, -0.05) is 18.2 Å². The second kappa shape index (κ2) is 6.27. The molecule has 0 spiro atoms. The van der Waals surface area contributed by atoms with Gasteiger partial charge in [-0.25, -0.2) is 4.39 Å². The number of fused-ring (bicyclic) bond motifs is 3. The minimum absolute atomic E-state index is 0.109. The zero-order chi connectivity index (χ0) is 18.3. The van der Waals surface area contributed by atoms with E-state index in [1.807, 2.05) is 24.3 Å². The highest BCUT2D eigenvalue weighted by molar-refractivity contribution is 6.01. The predicted molar refractivity (Wildman–Crippen MR) is 90.8 cm³/mol. The molecular weight excluding hydrogens is 339 g/mol. The van der Waals surface area contributed by atoms with E-state index >= 15 is 0 Å². The van der Waals surface area contributed by atoms with E-state index < -0.39 is 18.0 Å². The number of hydroxylamine groups is 2. The highest BCUT2D eigenvalue weighted by atomic mass is 19.1. The molecule has 132 valence electrons. The summed E-state index contributed by atoms with van der Waals surface area (Å²) in [6.07, 6.45) is -0.766. The molecule has 6 nitrogen and oxygen atoms in total. The van der Waals surface area contributed by atoms with Gasteiger partial charge in [-0.2, -0.15) is 5.06 Å². The highest BCUT2D eigenvalue weighted by Gasteiger charge is 2.40. The first-order chi connectivity index (χ1) is 12.6. The Morgan fingerprint density at radius 2 is 1.88 bits per heavy atom. The first-order valence-corrected chi connectivity index (χ1v) is 8.02. The molecule has 0 bridgehead atoms. The highest BCUT2D eigenvalue weighted by Crippen LogP contribution is 2.35. The number of hydrogen-bond donors (Lipinski definition) is 0. The maximum atomic E-state index is 13.0. The maximum Gasteiger partial charge on any atom is 0.315 e. The molecule has 1 aromatic heterocycles. The Morgan fingerprint density at radius 1 is 1.15 bits per heavy atom. The second-order valence-electron chi connectivity index (χ2n) is 5.88. The molecule has 0 radical (unpaired) electrons. The molecule has 1 aliphatic rings. The van der Waals surface area contributed by atoms with Gasteiger partial charge in [0.25, 0.3) is 5.91 Å². The monoisotopic (exact) mass is 354 g/mol. The number of para-hydroxylation sites is 1. The lowest BCUT2D eigenvalue weighted by molar-refractivity contribution is -0.151. The lowest BCUT2D eigenvalue weighted by atomic mass is 10.2. The van der Waals surface area contributed by atoms with Crippen LogP contribution in [0.4, 0.5) is 4.39 Å². The van der Waals surface area contributed by atoms with Gasteiger partial charge in [-0.05, 0) is 36.4 Å². The minimum atomic E-state index is -0.657. The lowest BCUT2D eigenvalue weighted by Crippen LogP contribution is -2.31. The number of aromatic nitrogens is 1. The molecule has 1 aliphatic heterocycles. The zero-order valence-electron chi connectivity index (χ0n) is 13.9. The number of halogens is 1. The van der Waals surface area contributed by atoms with Crippen LogP contribution in [-0.4, -0.2) is 28.6 Å². The Kier molecular flexibility index (Phi) is 3.93. The summed E-state index contributed by atoms with van der Waals surface area (Å²) >= 11 is 0. The summed E-state index contributed by atoms with van der Waals surface area (Å²) in [5.41, 5.74) is 1.28. The molecular formula is C19H15FN2O4. The van der Waals surface area contributed by atoms with Crippen LogP contribution in [0.5, 0.6) is 5.75 Å². The van der Waals surface area contributed by atoms with Crippen molar-refractivity contribution >= 4 is 22.8 Å². The summed E-state index contributed by atoms with van der Waals surface area (Å²) in [4.78, 5) is 30.1. The normalized spacial score (nSPS) is 16.2. The van der Waals surface area contributed by atoms with Crippen molar-refractivity contribution in [1.29, 1.82) is 0 Å². The van der Waals surface area contributed by atoms with Crippen LogP contribution in [0.3, 0.4) is 0 Å². The molecule has 2 heterocycles. The molecule has 3 aromatic rings. The van der Waals surface area contributed by atoms with Crippen molar-refractivity contribution < 1.29 is 23.6 Å². The van der Waals surface area contributed by atoms with Gasteiger partial charge in [0.05, 0.1) is 19.0 Å². The molecule has 2 aromatic carbocycles. The van der Waals surface area contributed by atoms with Gasteiger partial charge in [-0.15, -0.1) is 0 Å². The Hall–Kier alpha value is -3.19. The van der Waals surface area contributed by atoms with Crippen molar-refractivity contribution in [1.82, 2.24) is 9.63 Å². The van der Waals surface area contributed by atoms with Gasteiger partial charge in [0, 0.05) is 5.39 Å². The molecule has 4 rings (SSSR count). The van der Waals surface area contributed by atoms with E-state index in [2.05, 4.69) is 0 Å². The van der Waals surface area contributed by atoms with E-state index in [9.17, 15) is 14.0 Å². The number of nitrogens with zero attached hydrogens (tertiary/aromatic N) is 2. The average Bonchev–Trinajstić information content (AvgIpc) is 3.13. The van der Waals surface area contributed by atoms with Crippen LogP contribution < -0.4 is 4.74 Å². The predicted octanol–water partition coefficient (Wildman–Crippen LogP) is 3.29. The second-order valence-corrected chi connectivity index (χ2v) is 5.88. The number of esters is 1. The fourth-order valence-electron chi connectivity index (χ4n) is 3.22. The Balaban J connectivity index is 1.64. The van der Waals surface area contributed by atoms with Crippen molar-refractivity contribution in [2.24, 2.45) is 0 Å². The van der Waals surface area contributed by atoms with Crippen LogP contribution in [0.1, 0.15) is 23.1 Å². The summed E-state index contributed by atoms with van der Waals surface area (Å²) in [5, 5.41) is 2.07. The third-order valence-electron chi connectivity index (χ3n) is 4.33. The molecule has 0 saturated heterocycles.